The van der Waals surface area contributed by atoms with Crippen molar-refractivity contribution in [2.24, 2.45) is 0 Å². The average molecular weight is 234 g/mol. The van der Waals surface area contributed by atoms with E-state index in [9.17, 15) is 13.6 Å². The Bertz CT molecular complexity index is 327. The summed E-state index contributed by atoms with van der Waals surface area (Å²) in [6.07, 6.45) is -2.46. The molecule has 0 aliphatic heterocycles. The van der Waals surface area contributed by atoms with Gasteiger partial charge in [-0.05, 0) is 5.56 Å². The summed E-state index contributed by atoms with van der Waals surface area (Å²) in [5, 5.41) is 2.54. The van der Waals surface area contributed by atoms with Crippen LogP contribution in [0.1, 0.15) is 17.6 Å². The Kier molecular flexibility index (Phi) is 4.49. The Balaban J connectivity index is 2.53. The van der Waals surface area contributed by atoms with Gasteiger partial charge >= 0.3 is 0 Å². The zero-order valence-electron chi connectivity index (χ0n) is 7.84. The van der Waals surface area contributed by atoms with Crippen LogP contribution in [0.25, 0.3) is 0 Å². The SMILES string of the molecule is O=C(CCl)NCc1ccc(C(F)F)cc1. The number of rotatable bonds is 4. The van der Waals surface area contributed by atoms with Crippen LogP contribution in [0.15, 0.2) is 24.3 Å². The Morgan fingerprint density at radius 3 is 2.40 bits per heavy atom. The molecule has 1 aromatic rings. The summed E-state index contributed by atoms with van der Waals surface area (Å²) < 4.78 is 24.4. The van der Waals surface area contributed by atoms with Gasteiger partial charge in [0.25, 0.3) is 6.43 Å². The molecule has 82 valence electrons. The second-order valence-electron chi connectivity index (χ2n) is 2.95. The molecule has 15 heavy (non-hydrogen) atoms. The third kappa shape index (κ3) is 3.83. The van der Waals surface area contributed by atoms with Gasteiger partial charge in [-0.3, -0.25) is 4.79 Å². The van der Waals surface area contributed by atoms with Gasteiger partial charge in [0.1, 0.15) is 5.88 Å². The van der Waals surface area contributed by atoms with E-state index in [1.165, 1.54) is 12.1 Å². The van der Waals surface area contributed by atoms with Crippen molar-refractivity contribution in [2.45, 2.75) is 13.0 Å². The van der Waals surface area contributed by atoms with Gasteiger partial charge in [0.05, 0.1) is 0 Å². The van der Waals surface area contributed by atoms with E-state index < -0.39 is 6.43 Å². The van der Waals surface area contributed by atoms with Crippen LogP contribution in [0.4, 0.5) is 8.78 Å². The third-order valence-electron chi connectivity index (χ3n) is 1.84. The highest BCUT2D eigenvalue weighted by Crippen LogP contribution is 2.18. The summed E-state index contributed by atoms with van der Waals surface area (Å²) in [5.74, 6) is -0.385. The molecule has 0 aromatic heterocycles. The summed E-state index contributed by atoms with van der Waals surface area (Å²) >= 11 is 5.27. The van der Waals surface area contributed by atoms with E-state index in [0.29, 0.717) is 6.54 Å². The second kappa shape index (κ2) is 5.66. The highest BCUT2D eigenvalue weighted by Gasteiger charge is 2.05. The first-order valence-corrected chi connectivity index (χ1v) is 4.86. The van der Waals surface area contributed by atoms with Crippen LogP contribution in [0.2, 0.25) is 0 Å². The Morgan fingerprint density at radius 2 is 1.93 bits per heavy atom. The second-order valence-corrected chi connectivity index (χ2v) is 3.22. The minimum absolute atomic E-state index is 0.0255. The monoisotopic (exact) mass is 233 g/mol. The van der Waals surface area contributed by atoms with Crippen molar-refractivity contribution in [1.29, 1.82) is 0 Å². The molecule has 1 amide bonds. The van der Waals surface area contributed by atoms with E-state index in [1.807, 2.05) is 0 Å². The Hall–Kier alpha value is -1.16. The minimum atomic E-state index is -2.46. The molecule has 0 bridgehead atoms. The predicted molar refractivity (Wildman–Crippen MR) is 54.0 cm³/mol. The molecule has 0 atom stereocenters. The molecule has 1 rings (SSSR count). The summed E-state index contributed by atoms with van der Waals surface area (Å²) in [4.78, 5) is 10.8. The predicted octanol–water partition coefficient (Wildman–Crippen LogP) is 2.48. The molecule has 0 saturated carbocycles. The molecule has 5 heteroatoms. The van der Waals surface area contributed by atoms with Crippen LogP contribution in [0.5, 0.6) is 0 Å². The molecule has 2 nitrogen and oxygen atoms in total. The fourth-order valence-corrected chi connectivity index (χ4v) is 1.12. The first-order valence-electron chi connectivity index (χ1n) is 4.33. The van der Waals surface area contributed by atoms with E-state index in [1.54, 1.807) is 12.1 Å². The molecule has 0 radical (unpaired) electrons. The van der Waals surface area contributed by atoms with Gasteiger partial charge in [0.2, 0.25) is 5.91 Å². The van der Waals surface area contributed by atoms with E-state index in [-0.39, 0.29) is 17.4 Å². The van der Waals surface area contributed by atoms with Gasteiger partial charge in [-0.15, -0.1) is 11.6 Å². The lowest BCUT2D eigenvalue weighted by molar-refractivity contribution is -0.118. The van der Waals surface area contributed by atoms with Gasteiger partial charge < -0.3 is 5.32 Å². The van der Waals surface area contributed by atoms with Crippen LogP contribution >= 0.6 is 11.6 Å². The number of benzene rings is 1. The molecule has 0 saturated heterocycles. The van der Waals surface area contributed by atoms with Crippen molar-refractivity contribution in [3.8, 4) is 0 Å². The van der Waals surface area contributed by atoms with Crippen molar-refractivity contribution >= 4 is 17.5 Å². The fourth-order valence-electron chi connectivity index (χ4n) is 1.03. The highest BCUT2D eigenvalue weighted by molar-refractivity contribution is 6.27. The van der Waals surface area contributed by atoms with Gasteiger partial charge in [0, 0.05) is 12.1 Å². The van der Waals surface area contributed by atoms with E-state index >= 15 is 0 Å². The van der Waals surface area contributed by atoms with Crippen LogP contribution < -0.4 is 5.32 Å². The van der Waals surface area contributed by atoms with Gasteiger partial charge in [-0.2, -0.15) is 0 Å². The number of alkyl halides is 3. The van der Waals surface area contributed by atoms with Crippen LogP contribution in [0, 0.1) is 0 Å². The Morgan fingerprint density at radius 1 is 1.33 bits per heavy atom. The van der Waals surface area contributed by atoms with Crippen LogP contribution in [0.3, 0.4) is 0 Å². The molecule has 1 aromatic carbocycles. The number of hydrogen-bond acceptors (Lipinski definition) is 1. The van der Waals surface area contributed by atoms with Crippen LogP contribution in [-0.4, -0.2) is 11.8 Å². The van der Waals surface area contributed by atoms with Gasteiger partial charge in [-0.25, -0.2) is 8.78 Å². The van der Waals surface area contributed by atoms with Crippen LogP contribution in [-0.2, 0) is 11.3 Å². The lowest BCUT2D eigenvalue weighted by Crippen LogP contribution is -2.23. The van der Waals surface area contributed by atoms with Crippen molar-refractivity contribution in [3.63, 3.8) is 0 Å². The molecular formula is C10H10ClF2NO. The standard InChI is InChI=1S/C10H10ClF2NO/c11-5-9(15)14-6-7-1-3-8(4-2-7)10(12)13/h1-4,10H,5-6H2,(H,14,15). The summed E-state index contributed by atoms with van der Waals surface area (Å²) in [6.45, 7) is 0.301. The van der Waals surface area contributed by atoms with Crippen molar-refractivity contribution < 1.29 is 13.6 Å². The Labute approximate surface area is 91.2 Å². The topological polar surface area (TPSA) is 29.1 Å². The van der Waals surface area contributed by atoms with E-state index in [0.717, 1.165) is 5.56 Å². The number of nitrogens with one attached hydrogen (secondary N) is 1. The number of halogens is 3. The largest absolute Gasteiger partial charge is 0.351 e. The fraction of sp³-hybridized carbons (Fsp3) is 0.300. The highest BCUT2D eigenvalue weighted by atomic mass is 35.5. The summed E-state index contributed by atoms with van der Waals surface area (Å²) in [7, 11) is 0. The maximum Gasteiger partial charge on any atom is 0.263 e. The van der Waals surface area contributed by atoms with Crippen molar-refractivity contribution in [3.05, 3.63) is 35.4 Å². The van der Waals surface area contributed by atoms with E-state index in [4.69, 9.17) is 11.6 Å². The molecule has 0 fully saturated rings. The normalized spacial score (nSPS) is 10.4. The third-order valence-corrected chi connectivity index (χ3v) is 2.09. The molecule has 0 aliphatic carbocycles. The smallest absolute Gasteiger partial charge is 0.263 e. The molecule has 0 aliphatic rings. The maximum atomic E-state index is 12.2. The first kappa shape index (κ1) is 11.9. The number of hydrogen-bond donors (Lipinski definition) is 1. The number of carbonyl (C=O) groups excluding carboxylic acids is 1. The zero-order chi connectivity index (χ0) is 11.3. The van der Waals surface area contributed by atoms with E-state index in [2.05, 4.69) is 5.32 Å². The molecule has 0 heterocycles. The maximum absolute atomic E-state index is 12.2. The zero-order valence-corrected chi connectivity index (χ0v) is 8.60. The number of amides is 1. The first-order chi connectivity index (χ1) is 7.13. The molecule has 0 spiro atoms. The van der Waals surface area contributed by atoms with Gasteiger partial charge in [0.15, 0.2) is 0 Å². The lowest BCUT2D eigenvalue weighted by Gasteiger charge is -2.04. The lowest BCUT2D eigenvalue weighted by atomic mass is 10.1. The molecule has 1 N–H and O–H groups in total. The molecular weight excluding hydrogens is 224 g/mol. The average Bonchev–Trinajstić information content (AvgIpc) is 2.26. The van der Waals surface area contributed by atoms with Gasteiger partial charge in [-0.1, -0.05) is 24.3 Å². The quantitative estimate of drug-likeness (QED) is 0.796. The summed E-state index contributed by atoms with van der Waals surface area (Å²) in [5.41, 5.74) is 0.736. The van der Waals surface area contributed by atoms with Crippen molar-refractivity contribution in [1.82, 2.24) is 5.32 Å². The minimum Gasteiger partial charge on any atom is -0.351 e. The number of carbonyl (C=O) groups is 1. The van der Waals surface area contributed by atoms with Crippen molar-refractivity contribution in [2.75, 3.05) is 5.88 Å². The molecule has 0 unspecified atom stereocenters. The summed E-state index contributed by atoms with van der Waals surface area (Å²) in [6, 6.07) is 5.78.